The van der Waals surface area contributed by atoms with E-state index < -0.39 is 34.0 Å². The van der Waals surface area contributed by atoms with Gasteiger partial charge in [0.25, 0.3) is 0 Å². The van der Waals surface area contributed by atoms with E-state index in [1.807, 2.05) is 0 Å². The van der Waals surface area contributed by atoms with E-state index in [4.69, 9.17) is 24.9 Å². The summed E-state index contributed by atoms with van der Waals surface area (Å²) < 4.78 is 28.5. The van der Waals surface area contributed by atoms with Crippen LogP contribution in [0.2, 0.25) is 0 Å². The maximum absolute atomic E-state index is 10.9. The van der Waals surface area contributed by atoms with Gasteiger partial charge in [-0.2, -0.15) is 4.31 Å². The van der Waals surface area contributed by atoms with E-state index in [0.29, 0.717) is 0 Å². The van der Waals surface area contributed by atoms with Crippen LogP contribution in [0, 0.1) is 0 Å². The second-order valence-electron chi connectivity index (χ2n) is 3.20. The number of aliphatic hydroxyl groups excluding tert-OH is 1. The van der Waals surface area contributed by atoms with E-state index in [0.717, 1.165) is 6.92 Å². The zero-order valence-electron chi connectivity index (χ0n) is 8.53. The third kappa shape index (κ3) is 6.99. The molecule has 0 aliphatic heterocycles. The van der Waals surface area contributed by atoms with Crippen LogP contribution in [0.25, 0.3) is 0 Å². The first kappa shape index (κ1) is 16.9. The maximum atomic E-state index is 10.9. The number of aldehydes is 1. The van der Waals surface area contributed by atoms with Crippen LogP contribution in [-0.4, -0.2) is 49.5 Å². The molecule has 12 heteroatoms. The van der Waals surface area contributed by atoms with Crippen molar-refractivity contribution in [2.45, 2.75) is 18.6 Å². The fourth-order valence-electron chi connectivity index (χ4n) is 0.570. The van der Waals surface area contributed by atoms with Gasteiger partial charge in [0, 0.05) is 0 Å². The normalized spacial score (nSPS) is 21.3. The fourth-order valence-corrected chi connectivity index (χ4v) is 2.16. The molecule has 0 radical (unpaired) electrons. The minimum Gasteiger partial charge on any atom is -0.387 e. The van der Waals surface area contributed by atoms with Crippen molar-refractivity contribution in [3.63, 3.8) is 0 Å². The molecule has 0 aliphatic carbocycles. The summed E-state index contributed by atoms with van der Waals surface area (Å²) in [6, 6.07) is 0. The quantitative estimate of drug-likeness (QED) is 0.275. The van der Waals surface area contributed by atoms with E-state index in [2.05, 4.69) is 8.83 Å². The molecule has 0 saturated carbocycles. The van der Waals surface area contributed by atoms with Gasteiger partial charge < -0.3 is 29.7 Å². The van der Waals surface area contributed by atoms with Gasteiger partial charge in [0.2, 0.25) is 0 Å². The summed E-state index contributed by atoms with van der Waals surface area (Å²) in [6.45, 7) is -0.139. The molecule has 3 unspecified atom stereocenters. The predicted octanol–water partition coefficient (Wildman–Crippen LogP) is -1.48. The van der Waals surface area contributed by atoms with Crippen molar-refractivity contribution in [2.75, 3.05) is 6.61 Å². The van der Waals surface area contributed by atoms with Gasteiger partial charge in [-0.25, -0.2) is 9.13 Å². The van der Waals surface area contributed by atoms with Crippen LogP contribution in [0.3, 0.4) is 0 Å². The Morgan fingerprint density at radius 2 is 1.82 bits per heavy atom. The Labute approximate surface area is 95.7 Å². The molecule has 0 amide bonds. The van der Waals surface area contributed by atoms with Crippen molar-refractivity contribution in [2.24, 2.45) is 0 Å². The van der Waals surface area contributed by atoms with Gasteiger partial charge in [-0.1, -0.05) is 0 Å². The van der Waals surface area contributed by atoms with Crippen molar-refractivity contribution >= 4 is 21.9 Å². The molecule has 3 atom stereocenters. The minimum absolute atomic E-state index is 0.0346. The number of carbonyl (C=O) groups is 1. The van der Waals surface area contributed by atoms with Gasteiger partial charge in [0.1, 0.15) is 11.7 Å². The molecule has 0 aromatic heterocycles. The first-order valence-corrected chi connectivity index (χ1v) is 7.03. The van der Waals surface area contributed by atoms with Crippen LogP contribution in [0.1, 0.15) is 6.92 Å². The highest BCUT2D eigenvalue weighted by molar-refractivity contribution is 7.60. The van der Waals surface area contributed by atoms with E-state index in [1.165, 1.54) is 0 Å². The standard InChI is InChI=1S/C5H12O10P2/c1-5(8,3-6)4(7)2-14-17(12,13)15-16(9,10)11/h3-4,7-8H,2H2,1H3,(H,12,13)(H2,9,10,11). The molecule has 0 heterocycles. The second-order valence-corrected chi connectivity index (χ2v) is 6.03. The highest BCUT2D eigenvalue weighted by atomic mass is 31.3. The predicted molar refractivity (Wildman–Crippen MR) is 51.6 cm³/mol. The number of aliphatic hydroxyl groups is 2. The largest absolute Gasteiger partial charge is 0.481 e. The molecule has 0 saturated heterocycles. The number of phosphoric ester groups is 1. The Morgan fingerprint density at radius 3 is 2.18 bits per heavy atom. The zero-order valence-corrected chi connectivity index (χ0v) is 10.3. The van der Waals surface area contributed by atoms with Crippen molar-refractivity contribution in [1.29, 1.82) is 0 Å². The van der Waals surface area contributed by atoms with Crippen LogP contribution in [-0.2, 0) is 22.8 Å². The summed E-state index contributed by atoms with van der Waals surface area (Å²) in [5.74, 6) is 0. The molecule has 102 valence electrons. The second kappa shape index (κ2) is 5.66. The summed E-state index contributed by atoms with van der Waals surface area (Å²) in [7, 11) is -10.3. The average Bonchev–Trinajstić information content (AvgIpc) is 2.10. The van der Waals surface area contributed by atoms with Crippen LogP contribution >= 0.6 is 15.6 Å². The Hall–Kier alpha value is -0.150. The highest BCUT2D eigenvalue weighted by Gasteiger charge is 2.36. The summed E-state index contributed by atoms with van der Waals surface area (Å²) in [6.07, 6.45) is -1.91. The van der Waals surface area contributed by atoms with Gasteiger partial charge in [-0.3, -0.25) is 4.52 Å². The molecule has 0 aromatic carbocycles. The molecule has 17 heavy (non-hydrogen) atoms. The summed E-state index contributed by atoms with van der Waals surface area (Å²) in [5.41, 5.74) is -2.23. The van der Waals surface area contributed by atoms with E-state index >= 15 is 0 Å². The van der Waals surface area contributed by atoms with Gasteiger partial charge in [-0.15, -0.1) is 0 Å². The molecule has 0 fully saturated rings. The number of carbonyl (C=O) groups excluding carboxylic acids is 1. The molecule has 10 nitrogen and oxygen atoms in total. The number of hydrogen-bond donors (Lipinski definition) is 5. The third-order valence-electron chi connectivity index (χ3n) is 1.52. The van der Waals surface area contributed by atoms with Crippen molar-refractivity contribution in [3.05, 3.63) is 0 Å². The number of phosphoric acid groups is 2. The molecule has 0 spiro atoms. The first-order chi connectivity index (χ1) is 7.40. The van der Waals surface area contributed by atoms with Crippen molar-refractivity contribution < 1.29 is 47.7 Å². The van der Waals surface area contributed by atoms with E-state index in [1.54, 1.807) is 0 Å². The lowest BCUT2D eigenvalue weighted by Crippen LogP contribution is -2.43. The highest BCUT2D eigenvalue weighted by Crippen LogP contribution is 2.57. The Bertz CT molecular complexity index is 358. The van der Waals surface area contributed by atoms with Crippen LogP contribution in [0.15, 0.2) is 0 Å². The van der Waals surface area contributed by atoms with Gasteiger partial charge in [0.05, 0.1) is 6.61 Å². The number of hydrogen-bond acceptors (Lipinski definition) is 7. The molecular weight excluding hydrogens is 282 g/mol. The fraction of sp³-hybridized carbons (Fsp3) is 0.800. The maximum Gasteiger partial charge on any atom is 0.481 e. The molecule has 5 N–H and O–H groups in total. The lowest BCUT2D eigenvalue weighted by atomic mass is 10.0. The topological polar surface area (TPSA) is 171 Å². The Kier molecular flexibility index (Phi) is 5.61. The van der Waals surface area contributed by atoms with E-state index in [-0.39, 0.29) is 6.29 Å². The minimum atomic E-state index is -5.25. The van der Waals surface area contributed by atoms with Crippen molar-refractivity contribution in [3.8, 4) is 0 Å². The summed E-state index contributed by atoms with van der Waals surface area (Å²) in [5, 5.41) is 18.3. The lowest BCUT2D eigenvalue weighted by Gasteiger charge is -2.23. The monoisotopic (exact) mass is 294 g/mol. The van der Waals surface area contributed by atoms with Gasteiger partial charge in [0.15, 0.2) is 6.29 Å². The smallest absolute Gasteiger partial charge is 0.387 e. The molecule has 0 aromatic rings. The molecule has 0 aliphatic rings. The lowest BCUT2D eigenvalue weighted by molar-refractivity contribution is -0.136. The van der Waals surface area contributed by atoms with Gasteiger partial charge in [-0.05, 0) is 6.92 Å². The SMILES string of the molecule is CC(O)(C=O)C(O)COP(=O)(O)OP(=O)(O)O. The average molecular weight is 294 g/mol. The van der Waals surface area contributed by atoms with Gasteiger partial charge >= 0.3 is 15.6 Å². The van der Waals surface area contributed by atoms with Crippen LogP contribution < -0.4 is 0 Å². The first-order valence-electron chi connectivity index (χ1n) is 4.00. The van der Waals surface area contributed by atoms with Crippen molar-refractivity contribution in [1.82, 2.24) is 0 Å². The summed E-state index contributed by atoms with van der Waals surface area (Å²) in [4.78, 5) is 35.5. The van der Waals surface area contributed by atoms with Crippen LogP contribution in [0.5, 0.6) is 0 Å². The Morgan fingerprint density at radius 1 is 1.35 bits per heavy atom. The number of rotatable bonds is 7. The molecular formula is C5H12O10P2. The van der Waals surface area contributed by atoms with Crippen LogP contribution in [0.4, 0.5) is 0 Å². The zero-order chi connectivity index (χ0) is 13.9. The van der Waals surface area contributed by atoms with E-state index in [9.17, 15) is 13.9 Å². The third-order valence-corrected chi connectivity index (χ3v) is 3.67. The molecule has 0 bridgehead atoms. The molecule has 0 rings (SSSR count). The summed E-state index contributed by atoms with van der Waals surface area (Å²) >= 11 is 0. The Balaban J connectivity index is 4.43.